The third kappa shape index (κ3) is 6.29. The number of ether oxygens (including phenoxy) is 1. The number of sulfonamides is 1. The van der Waals surface area contributed by atoms with Crippen molar-refractivity contribution in [2.75, 3.05) is 13.7 Å². The van der Waals surface area contributed by atoms with Crippen molar-refractivity contribution in [3.8, 4) is 0 Å². The first-order chi connectivity index (χ1) is 11.2. The van der Waals surface area contributed by atoms with Gasteiger partial charge in [-0.3, -0.25) is 4.79 Å². The first-order valence-corrected chi connectivity index (χ1v) is 9.18. The van der Waals surface area contributed by atoms with Gasteiger partial charge in [-0.1, -0.05) is 32.0 Å². The summed E-state index contributed by atoms with van der Waals surface area (Å²) >= 11 is 0. The molecule has 0 saturated heterocycles. The molecule has 0 amide bonds. The van der Waals surface area contributed by atoms with Crippen LogP contribution in [0, 0.1) is 11.8 Å². The average molecular weight is 357 g/mol. The molecule has 0 bridgehead atoms. The number of nitrogens with one attached hydrogen (secondary N) is 1. The van der Waals surface area contributed by atoms with Gasteiger partial charge in [0, 0.05) is 6.54 Å². The van der Waals surface area contributed by atoms with Gasteiger partial charge in [0.1, 0.15) is 0 Å². The third-order valence-corrected chi connectivity index (χ3v) is 4.72. The van der Waals surface area contributed by atoms with Crippen LogP contribution in [0.3, 0.4) is 0 Å². The maximum absolute atomic E-state index is 12.2. The minimum absolute atomic E-state index is 0.135. The standard InChI is InChI=1S/C16H23NO6S/c1-11(2)8-13(15(18)19)9-17-24(21,22)10-12-6-4-5-7-14(12)16(20)23-3/h4-7,11,13,17H,8-10H2,1-3H3,(H,18,19). The van der Waals surface area contributed by atoms with Gasteiger partial charge in [0.15, 0.2) is 0 Å². The predicted octanol–water partition coefficient (Wildman–Crippen LogP) is 1.64. The third-order valence-electron chi connectivity index (χ3n) is 3.42. The van der Waals surface area contributed by atoms with E-state index in [4.69, 9.17) is 5.11 Å². The first-order valence-electron chi connectivity index (χ1n) is 7.52. The number of carbonyl (C=O) groups is 2. The number of carboxylic acids is 1. The van der Waals surface area contributed by atoms with Crippen molar-refractivity contribution in [2.45, 2.75) is 26.0 Å². The normalized spacial score (nSPS) is 12.8. The van der Waals surface area contributed by atoms with Crippen molar-refractivity contribution in [1.29, 1.82) is 0 Å². The van der Waals surface area contributed by atoms with E-state index >= 15 is 0 Å². The van der Waals surface area contributed by atoms with Crippen LogP contribution in [0.15, 0.2) is 24.3 Å². The molecule has 0 spiro atoms. The van der Waals surface area contributed by atoms with E-state index in [2.05, 4.69) is 9.46 Å². The number of methoxy groups -OCH3 is 1. The molecular formula is C16H23NO6S. The Labute approximate surface area is 142 Å². The van der Waals surface area contributed by atoms with Gasteiger partial charge < -0.3 is 9.84 Å². The van der Waals surface area contributed by atoms with Crippen LogP contribution in [0.1, 0.15) is 36.2 Å². The summed E-state index contributed by atoms with van der Waals surface area (Å²) in [6.45, 7) is 3.56. The van der Waals surface area contributed by atoms with Gasteiger partial charge in [-0.05, 0) is 24.0 Å². The summed E-state index contributed by atoms with van der Waals surface area (Å²) in [7, 11) is -2.57. The number of rotatable bonds is 9. The summed E-state index contributed by atoms with van der Waals surface area (Å²) in [6.07, 6.45) is 0.372. The molecule has 0 aliphatic carbocycles. The van der Waals surface area contributed by atoms with Crippen molar-refractivity contribution in [2.24, 2.45) is 11.8 Å². The molecule has 134 valence electrons. The molecule has 2 N–H and O–H groups in total. The van der Waals surface area contributed by atoms with Gasteiger partial charge in [-0.2, -0.15) is 0 Å². The molecule has 1 unspecified atom stereocenters. The minimum atomic E-state index is -3.78. The average Bonchev–Trinajstić information content (AvgIpc) is 2.50. The Balaban J connectivity index is 2.84. The lowest BCUT2D eigenvalue weighted by Gasteiger charge is -2.16. The van der Waals surface area contributed by atoms with Crippen LogP contribution in [0.5, 0.6) is 0 Å². The lowest BCUT2D eigenvalue weighted by atomic mass is 9.98. The number of aliphatic carboxylic acids is 1. The zero-order valence-electron chi connectivity index (χ0n) is 14.0. The quantitative estimate of drug-likeness (QED) is 0.650. The molecule has 0 aliphatic heterocycles. The van der Waals surface area contributed by atoms with Crippen LogP contribution < -0.4 is 4.72 Å². The molecule has 0 heterocycles. The van der Waals surface area contributed by atoms with Gasteiger partial charge >= 0.3 is 11.9 Å². The second-order valence-corrected chi connectivity index (χ2v) is 7.73. The summed E-state index contributed by atoms with van der Waals surface area (Å²) < 4.78 is 31.4. The first kappa shape index (κ1) is 20.1. The Hall–Kier alpha value is -1.93. The number of benzene rings is 1. The second kappa shape index (κ2) is 8.79. The van der Waals surface area contributed by atoms with Crippen LogP contribution in [-0.2, 0) is 25.3 Å². The number of carbonyl (C=O) groups excluding carboxylic acids is 1. The smallest absolute Gasteiger partial charge is 0.338 e. The maximum atomic E-state index is 12.2. The van der Waals surface area contributed by atoms with Gasteiger partial charge in [-0.25, -0.2) is 17.9 Å². The number of carboxylic acid groups (broad SMARTS) is 1. The highest BCUT2D eigenvalue weighted by Crippen LogP contribution is 2.15. The van der Waals surface area contributed by atoms with Gasteiger partial charge in [-0.15, -0.1) is 0 Å². The molecule has 0 aliphatic rings. The molecule has 1 rings (SSSR count). The summed E-state index contributed by atoms with van der Waals surface area (Å²) in [5, 5.41) is 9.16. The van der Waals surface area contributed by atoms with E-state index in [0.717, 1.165) is 0 Å². The van der Waals surface area contributed by atoms with Crippen LogP contribution in [0.25, 0.3) is 0 Å². The Morgan fingerprint density at radius 1 is 1.25 bits per heavy atom. The van der Waals surface area contributed by atoms with Crippen molar-refractivity contribution in [3.05, 3.63) is 35.4 Å². The minimum Gasteiger partial charge on any atom is -0.481 e. The lowest BCUT2D eigenvalue weighted by molar-refractivity contribution is -0.142. The molecule has 1 atom stereocenters. The van der Waals surface area contributed by atoms with E-state index in [1.807, 2.05) is 13.8 Å². The summed E-state index contributed by atoms with van der Waals surface area (Å²) in [4.78, 5) is 22.9. The van der Waals surface area contributed by atoms with Crippen molar-refractivity contribution in [3.63, 3.8) is 0 Å². The summed E-state index contributed by atoms with van der Waals surface area (Å²) in [5.74, 6) is -2.75. The van der Waals surface area contributed by atoms with E-state index in [9.17, 15) is 18.0 Å². The fourth-order valence-corrected chi connectivity index (χ4v) is 3.50. The van der Waals surface area contributed by atoms with Gasteiger partial charge in [0.05, 0.1) is 24.3 Å². The molecule has 0 radical (unpaired) electrons. The molecule has 8 heteroatoms. The number of esters is 1. The highest BCUT2D eigenvalue weighted by Gasteiger charge is 2.23. The van der Waals surface area contributed by atoms with Crippen LogP contribution in [-0.4, -0.2) is 39.1 Å². The molecule has 7 nitrogen and oxygen atoms in total. The zero-order chi connectivity index (χ0) is 18.3. The van der Waals surface area contributed by atoms with Crippen LogP contribution >= 0.6 is 0 Å². The van der Waals surface area contributed by atoms with E-state index in [0.29, 0.717) is 12.0 Å². The van der Waals surface area contributed by atoms with Crippen LogP contribution in [0.4, 0.5) is 0 Å². The topological polar surface area (TPSA) is 110 Å². The molecule has 0 aromatic heterocycles. The Morgan fingerprint density at radius 2 is 1.88 bits per heavy atom. The molecule has 1 aromatic rings. The molecule has 24 heavy (non-hydrogen) atoms. The Morgan fingerprint density at radius 3 is 2.42 bits per heavy atom. The lowest BCUT2D eigenvalue weighted by Crippen LogP contribution is -2.34. The zero-order valence-corrected chi connectivity index (χ0v) is 14.8. The number of hydrogen-bond acceptors (Lipinski definition) is 5. The summed E-state index contributed by atoms with van der Waals surface area (Å²) in [6, 6.07) is 6.23. The fraction of sp³-hybridized carbons (Fsp3) is 0.500. The summed E-state index contributed by atoms with van der Waals surface area (Å²) in [5.41, 5.74) is 0.468. The molecule has 1 aromatic carbocycles. The maximum Gasteiger partial charge on any atom is 0.338 e. The second-order valence-electron chi connectivity index (χ2n) is 5.92. The van der Waals surface area contributed by atoms with E-state index in [1.54, 1.807) is 12.1 Å². The van der Waals surface area contributed by atoms with E-state index < -0.39 is 33.6 Å². The van der Waals surface area contributed by atoms with Gasteiger partial charge in [0.2, 0.25) is 10.0 Å². The highest BCUT2D eigenvalue weighted by molar-refractivity contribution is 7.88. The molecule has 0 saturated carbocycles. The Kier molecular flexibility index (Phi) is 7.37. The Bertz CT molecular complexity index is 684. The largest absolute Gasteiger partial charge is 0.481 e. The predicted molar refractivity (Wildman–Crippen MR) is 89.0 cm³/mol. The monoisotopic (exact) mass is 357 g/mol. The van der Waals surface area contributed by atoms with Crippen LogP contribution in [0.2, 0.25) is 0 Å². The molecular weight excluding hydrogens is 334 g/mol. The number of hydrogen-bond donors (Lipinski definition) is 2. The van der Waals surface area contributed by atoms with Crippen molar-refractivity contribution >= 4 is 22.0 Å². The highest BCUT2D eigenvalue weighted by atomic mass is 32.2. The van der Waals surface area contributed by atoms with E-state index in [-0.39, 0.29) is 18.0 Å². The fourth-order valence-electron chi connectivity index (χ4n) is 2.28. The molecule has 0 fully saturated rings. The SMILES string of the molecule is COC(=O)c1ccccc1CS(=O)(=O)NCC(CC(C)C)C(=O)O. The van der Waals surface area contributed by atoms with Crippen molar-refractivity contribution in [1.82, 2.24) is 4.72 Å². The van der Waals surface area contributed by atoms with E-state index in [1.165, 1.54) is 19.2 Å². The van der Waals surface area contributed by atoms with Gasteiger partial charge in [0.25, 0.3) is 0 Å². The van der Waals surface area contributed by atoms with Crippen molar-refractivity contribution < 1.29 is 27.9 Å².